The van der Waals surface area contributed by atoms with E-state index in [4.69, 9.17) is 27.4 Å². The summed E-state index contributed by atoms with van der Waals surface area (Å²) in [5.74, 6) is 0. The molecule has 3 nitrogen and oxygen atoms in total. The van der Waals surface area contributed by atoms with Crippen molar-refractivity contribution in [2.75, 3.05) is 13.7 Å². The fourth-order valence-corrected chi connectivity index (χ4v) is 1.69. The van der Waals surface area contributed by atoms with Gasteiger partial charge < -0.3 is 15.2 Å². The average molecular weight is 267 g/mol. The molecule has 0 spiro atoms. The molecule has 1 aromatic rings. The molecule has 0 atom stereocenters. The number of hydrogen-bond donors (Lipinski definition) is 1. The molecule has 0 aromatic heterocycles. The molecule has 0 aliphatic rings. The van der Waals surface area contributed by atoms with Crippen LogP contribution in [0.2, 0.25) is 0 Å². The molecule has 0 aliphatic heterocycles. The first-order chi connectivity index (χ1) is 8.46. The second-order valence-electron chi connectivity index (χ2n) is 4.79. The molecule has 0 unspecified atom stereocenters. The molecular weight excluding hydrogens is 246 g/mol. The lowest BCUT2D eigenvalue weighted by atomic mass is 10.1. The predicted molar refractivity (Wildman–Crippen MR) is 77.7 cm³/mol. The van der Waals surface area contributed by atoms with E-state index < -0.39 is 0 Å². The Morgan fingerprint density at radius 2 is 2.00 bits per heavy atom. The summed E-state index contributed by atoms with van der Waals surface area (Å²) < 4.78 is 11.0. The van der Waals surface area contributed by atoms with E-state index >= 15 is 0 Å². The van der Waals surface area contributed by atoms with E-state index in [1.54, 1.807) is 7.11 Å². The van der Waals surface area contributed by atoms with Crippen molar-refractivity contribution in [3.8, 4) is 0 Å². The van der Waals surface area contributed by atoms with Crippen LogP contribution in [0.4, 0.5) is 0 Å². The van der Waals surface area contributed by atoms with Gasteiger partial charge in [0.2, 0.25) is 0 Å². The van der Waals surface area contributed by atoms with Crippen molar-refractivity contribution in [2.45, 2.75) is 32.5 Å². The van der Waals surface area contributed by atoms with Gasteiger partial charge in [-0.25, -0.2) is 0 Å². The minimum atomic E-state index is -0.150. The molecule has 1 aromatic carbocycles. The molecule has 0 amide bonds. The van der Waals surface area contributed by atoms with E-state index in [0.717, 1.165) is 17.5 Å². The van der Waals surface area contributed by atoms with E-state index in [1.165, 1.54) is 0 Å². The third-order valence-corrected chi connectivity index (χ3v) is 3.16. The van der Waals surface area contributed by atoms with Gasteiger partial charge in [0.15, 0.2) is 0 Å². The standard InChI is InChI=1S/C14H21NO2S/c1-14(2,16-3)8-9-17-10-11-6-4-5-7-12(11)13(15)18/h4-7H,8-10H2,1-3H3,(H2,15,18). The monoisotopic (exact) mass is 267 g/mol. The highest BCUT2D eigenvalue weighted by Crippen LogP contribution is 2.14. The molecule has 100 valence electrons. The third kappa shape index (κ3) is 4.72. The van der Waals surface area contributed by atoms with Gasteiger partial charge in [0.05, 0.1) is 12.2 Å². The van der Waals surface area contributed by atoms with E-state index in [2.05, 4.69) is 0 Å². The van der Waals surface area contributed by atoms with Crippen LogP contribution in [0.5, 0.6) is 0 Å². The smallest absolute Gasteiger partial charge is 0.104 e. The SMILES string of the molecule is COC(C)(C)CCOCc1ccccc1C(N)=S. The first kappa shape index (κ1) is 15.1. The van der Waals surface area contributed by atoms with E-state index in [-0.39, 0.29) is 5.60 Å². The molecule has 18 heavy (non-hydrogen) atoms. The summed E-state index contributed by atoms with van der Waals surface area (Å²) >= 11 is 5.01. The zero-order valence-corrected chi connectivity index (χ0v) is 12.0. The van der Waals surface area contributed by atoms with Crippen LogP contribution in [-0.2, 0) is 16.1 Å². The largest absolute Gasteiger partial charge is 0.389 e. The Balaban J connectivity index is 2.47. The van der Waals surface area contributed by atoms with Crippen molar-refractivity contribution in [2.24, 2.45) is 5.73 Å². The van der Waals surface area contributed by atoms with Crippen LogP contribution >= 0.6 is 12.2 Å². The highest BCUT2D eigenvalue weighted by atomic mass is 32.1. The molecule has 1 rings (SSSR count). The minimum Gasteiger partial charge on any atom is -0.389 e. The lowest BCUT2D eigenvalue weighted by molar-refractivity contribution is -0.0124. The summed E-state index contributed by atoms with van der Waals surface area (Å²) in [4.78, 5) is 0.409. The van der Waals surface area contributed by atoms with E-state index in [0.29, 0.717) is 18.2 Å². The summed E-state index contributed by atoms with van der Waals surface area (Å²) in [6, 6.07) is 7.78. The average Bonchev–Trinajstić information content (AvgIpc) is 2.35. The van der Waals surface area contributed by atoms with Gasteiger partial charge in [-0.05, 0) is 25.8 Å². The van der Waals surface area contributed by atoms with Crippen molar-refractivity contribution in [3.05, 3.63) is 35.4 Å². The maximum Gasteiger partial charge on any atom is 0.104 e. The van der Waals surface area contributed by atoms with Gasteiger partial charge in [-0.15, -0.1) is 0 Å². The van der Waals surface area contributed by atoms with Gasteiger partial charge in [-0.3, -0.25) is 0 Å². The topological polar surface area (TPSA) is 44.5 Å². The quantitative estimate of drug-likeness (QED) is 0.609. The summed E-state index contributed by atoms with van der Waals surface area (Å²) in [5.41, 5.74) is 7.43. The minimum absolute atomic E-state index is 0.150. The van der Waals surface area contributed by atoms with Crippen molar-refractivity contribution >= 4 is 17.2 Å². The highest BCUT2D eigenvalue weighted by Gasteiger charge is 2.15. The lowest BCUT2D eigenvalue weighted by Crippen LogP contribution is -2.24. The Labute approximate surface area is 114 Å². The van der Waals surface area contributed by atoms with Crippen LogP contribution < -0.4 is 5.73 Å². The molecule has 0 bridgehead atoms. The van der Waals surface area contributed by atoms with E-state index in [1.807, 2.05) is 38.1 Å². The van der Waals surface area contributed by atoms with Gasteiger partial charge in [0.25, 0.3) is 0 Å². The second-order valence-corrected chi connectivity index (χ2v) is 5.23. The molecule has 0 aliphatic carbocycles. The van der Waals surface area contributed by atoms with Crippen LogP contribution in [0.15, 0.2) is 24.3 Å². The van der Waals surface area contributed by atoms with Crippen molar-refractivity contribution in [3.63, 3.8) is 0 Å². The number of thiocarbonyl (C=S) groups is 1. The van der Waals surface area contributed by atoms with Gasteiger partial charge >= 0.3 is 0 Å². The summed E-state index contributed by atoms with van der Waals surface area (Å²) in [7, 11) is 1.71. The summed E-state index contributed by atoms with van der Waals surface area (Å²) in [6.45, 7) is 5.25. The van der Waals surface area contributed by atoms with E-state index in [9.17, 15) is 0 Å². The predicted octanol–water partition coefficient (Wildman–Crippen LogP) is 2.65. The maximum absolute atomic E-state index is 5.67. The first-order valence-corrected chi connectivity index (χ1v) is 6.38. The zero-order chi connectivity index (χ0) is 13.6. The van der Waals surface area contributed by atoms with Crippen LogP contribution in [-0.4, -0.2) is 24.3 Å². The van der Waals surface area contributed by atoms with Crippen molar-refractivity contribution < 1.29 is 9.47 Å². The Morgan fingerprint density at radius 3 is 2.61 bits per heavy atom. The van der Waals surface area contributed by atoms with Gasteiger partial charge in [0.1, 0.15) is 4.99 Å². The second kappa shape index (κ2) is 6.83. The number of nitrogens with two attached hydrogens (primary N) is 1. The Bertz CT molecular complexity index is 405. The molecule has 2 N–H and O–H groups in total. The molecule has 0 heterocycles. The molecule has 0 radical (unpaired) electrons. The molecule has 0 saturated heterocycles. The molecule has 0 saturated carbocycles. The zero-order valence-electron chi connectivity index (χ0n) is 11.2. The number of rotatable bonds is 7. The molecule has 4 heteroatoms. The summed E-state index contributed by atoms with van der Waals surface area (Å²) in [6.07, 6.45) is 0.846. The molecular formula is C14H21NO2S. The molecule has 0 fully saturated rings. The number of benzene rings is 1. The number of methoxy groups -OCH3 is 1. The normalized spacial score (nSPS) is 11.5. The lowest BCUT2D eigenvalue weighted by Gasteiger charge is -2.22. The van der Waals surface area contributed by atoms with Gasteiger partial charge in [0, 0.05) is 19.3 Å². The van der Waals surface area contributed by atoms with Crippen molar-refractivity contribution in [1.82, 2.24) is 0 Å². The van der Waals surface area contributed by atoms with Crippen molar-refractivity contribution in [1.29, 1.82) is 0 Å². The number of hydrogen-bond acceptors (Lipinski definition) is 3. The van der Waals surface area contributed by atoms with Crippen LogP contribution in [0.1, 0.15) is 31.4 Å². The third-order valence-electron chi connectivity index (χ3n) is 2.94. The van der Waals surface area contributed by atoms with Crippen LogP contribution in [0, 0.1) is 0 Å². The fourth-order valence-electron chi connectivity index (χ4n) is 1.49. The van der Waals surface area contributed by atoms with Crippen LogP contribution in [0.25, 0.3) is 0 Å². The highest BCUT2D eigenvalue weighted by molar-refractivity contribution is 7.80. The Morgan fingerprint density at radius 1 is 1.33 bits per heavy atom. The fraction of sp³-hybridized carbons (Fsp3) is 0.500. The van der Waals surface area contributed by atoms with Gasteiger partial charge in [-0.1, -0.05) is 36.5 Å². The summed E-state index contributed by atoms with van der Waals surface area (Å²) in [5, 5.41) is 0. The Hall–Kier alpha value is -0.970. The Kier molecular flexibility index (Phi) is 5.72. The number of ether oxygens (including phenoxy) is 2. The van der Waals surface area contributed by atoms with Crippen LogP contribution in [0.3, 0.4) is 0 Å². The van der Waals surface area contributed by atoms with Gasteiger partial charge in [-0.2, -0.15) is 0 Å². The first-order valence-electron chi connectivity index (χ1n) is 5.97. The maximum atomic E-state index is 5.67.